The Morgan fingerprint density at radius 3 is 2.42 bits per heavy atom. The Bertz CT molecular complexity index is 588. The molecule has 0 saturated carbocycles. The van der Waals surface area contributed by atoms with Crippen molar-refractivity contribution < 1.29 is 9.53 Å². The number of hydrogen-bond acceptors (Lipinski definition) is 2. The van der Waals surface area contributed by atoms with Gasteiger partial charge in [-0.05, 0) is 47.4 Å². The summed E-state index contributed by atoms with van der Waals surface area (Å²) in [5, 5.41) is 0. The molecule has 0 unspecified atom stereocenters. The largest absolute Gasteiger partial charge is 0.465 e. The Labute approximate surface area is 121 Å². The second-order valence-corrected chi connectivity index (χ2v) is 5.14. The van der Waals surface area contributed by atoms with E-state index in [-0.39, 0.29) is 5.97 Å². The van der Waals surface area contributed by atoms with Crippen molar-refractivity contribution in [1.82, 2.24) is 0 Å². The molecule has 0 amide bonds. The van der Waals surface area contributed by atoms with Crippen molar-refractivity contribution in [1.29, 1.82) is 0 Å². The van der Waals surface area contributed by atoms with Crippen molar-refractivity contribution in [3.05, 3.63) is 58.1 Å². The fourth-order valence-electron chi connectivity index (χ4n) is 2.04. The van der Waals surface area contributed by atoms with Gasteiger partial charge >= 0.3 is 5.97 Å². The monoisotopic (exact) mass is 318 g/mol. The molecular formula is C16H15BrO2. The molecule has 0 radical (unpaired) electrons. The average Bonchev–Trinajstić information content (AvgIpc) is 2.46. The van der Waals surface area contributed by atoms with Gasteiger partial charge in [-0.3, -0.25) is 0 Å². The Morgan fingerprint density at radius 1 is 1.16 bits per heavy atom. The van der Waals surface area contributed by atoms with Crippen LogP contribution in [0.5, 0.6) is 0 Å². The van der Waals surface area contributed by atoms with Gasteiger partial charge in [0.05, 0.1) is 12.7 Å². The molecule has 19 heavy (non-hydrogen) atoms. The first-order chi connectivity index (χ1) is 9.15. The lowest BCUT2D eigenvalue weighted by Crippen LogP contribution is -2.00. The zero-order chi connectivity index (χ0) is 13.8. The van der Waals surface area contributed by atoms with E-state index in [4.69, 9.17) is 4.74 Å². The number of esters is 1. The van der Waals surface area contributed by atoms with Gasteiger partial charge in [0.15, 0.2) is 0 Å². The molecule has 0 aliphatic rings. The number of rotatable bonds is 3. The highest BCUT2D eigenvalue weighted by atomic mass is 79.9. The Kier molecular flexibility index (Phi) is 4.38. The molecule has 0 aromatic heterocycles. The van der Waals surface area contributed by atoms with Crippen LogP contribution in [0.2, 0.25) is 0 Å². The van der Waals surface area contributed by atoms with E-state index in [1.165, 1.54) is 18.2 Å². The third-order valence-electron chi connectivity index (χ3n) is 3.07. The maximum Gasteiger partial charge on any atom is 0.337 e. The van der Waals surface area contributed by atoms with Gasteiger partial charge in [-0.1, -0.05) is 41.1 Å². The SMILES string of the molecule is CCc1cc(Br)ccc1-c1ccc(C(=O)OC)cc1. The second-order valence-electron chi connectivity index (χ2n) is 4.22. The first-order valence-electron chi connectivity index (χ1n) is 6.13. The predicted octanol–water partition coefficient (Wildman–Crippen LogP) is 4.47. The highest BCUT2D eigenvalue weighted by molar-refractivity contribution is 9.10. The van der Waals surface area contributed by atoms with E-state index in [0.717, 1.165) is 16.5 Å². The molecule has 0 aliphatic heterocycles. The van der Waals surface area contributed by atoms with E-state index >= 15 is 0 Å². The van der Waals surface area contributed by atoms with E-state index in [2.05, 4.69) is 35.0 Å². The molecule has 0 fully saturated rings. The zero-order valence-corrected chi connectivity index (χ0v) is 12.5. The number of carbonyl (C=O) groups is 1. The standard InChI is InChI=1S/C16H15BrO2/c1-3-11-10-14(17)8-9-15(11)12-4-6-13(7-5-12)16(18)19-2/h4-10H,3H2,1-2H3. The summed E-state index contributed by atoms with van der Waals surface area (Å²) >= 11 is 3.49. The summed E-state index contributed by atoms with van der Waals surface area (Å²) in [7, 11) is 1.39. The molecule has 0 spiro atoms. The van der Waals surface area contributed by atoms with Gasteiger partial charge in [-0.2, -0.15) is 0 Å². The second kappa shape index (κ2) is 6.02. The van der Waals surface area contributed by atoms with E-state index in [1.54, 1.807) is 12.1 Å². The van der Waals surface area contributed by atoms with Crippen molar-refractivity contribution in [2.24, 2.45) is 0 Å². The van der Waals surface area contributed by atoms with Gasteiger partial charge in [0, 0.05) is 4.47 Å². The number of hydrogen-bond donors (Lipinski definition) is 0. The summed E-state index contributed by atoms with van der Waals surface area (Å²) < 4.78 is 5.78. The quantitative estimate of drug-likeness (QED) is 0.781. The van der Waals surface area contributed by atoms with Gasteiger partial charge < -0.3 is 4.74 Å². The summed E-state index contributed by atoms with van der Waals surface area (Å²) in [6.45, 7) is 2.13. The zero-order valence-electron chi connectivity index (χ0n) is 10.9. The van der Waals surface area contributed by atoms with E-state index < -0.39 is 0 Å². The van der Waals surface area contributed by atoms with Gasteiger partial charge in [-0.25, -0.2) is 4.79 Å². The fourth-order valence-corrected chi connectivity index (χ4v) is 2.45. The minimum Gasteiger partial charge on any atom is -0.465 e. The predicted molar refractivity (Wildman–Crippen MR) is 80.3 cm³/mol. The molecule has 0 heterocycles. The molecule has 2 rings (SSSR count). The maximum atomic E-state index is 11.4. The van der Waals surface area contributed by atoms with Crippen molar-refractivity contribution in [2.45, 2.75) is 13.3 Å². The number of aryl methyl sites for hydroxylation is 1. The van der Waals surface area contributed by atoms with Crippen LogP contribution >= 0.6 is 15.9 Å². The number of carbonyl (C=O) groups excluding carboxylic acids is 1. The molecule has 2 aromatic rings. The lowest BCUT2D eigenvalue weighted by atomic mass is 9.97. The maximum absolute atomic E-state index is 11.4. The van der Waals surface area contributed by atoms with Gasteiger partial charge in [0.25, 0.3) is 0 Å². The number of benzene rings is 2. The van der Waals surface area contributed by atoms with E-state index in [0.29, 0.717) is 5.56 Å². The van der Waals surface area contributed by atoms with Crippen LogP contribution in [0.4, 0.5) is 0 Å². The van der Waals surface area contributed by atoms with Gasteiger partial charge in [0.1, 0.15) is 0 Å². The number of methoxy groups -OCH3 is 1. The molecule has 0 atom stereocenters. The Hall–Kier alpha value is -1.61. The third kappa shape index (κ3) is 3.04. The first-order valence-corrected chi connectivity index (χ1v) is 6.92. The van der Waals surface area contributed by atoms with Crippen LogP contribution in [-0.2, 0) is 11.2 Å². The molecule has 3 heteroatoms. The lowest BCUT2D eigenvalue weighted by Gasteiger charge is -2.09. The van der Waals surface area contributed by atoms with Crippen molar-refractivity contribution in [3.8, 4) is 11.1 Å². The van der Waals surface area contributed by atoms with Gasteiger partial charge in [-0.15, -0.1) is 0 Å². The third-order valence-corrected chi connectivity index (χ3v) is 3.56. The summed E-state index contributed by atoms with van der Waals surface area (Å²) in [5.41, 5.74) is 4.15. The van der Waals surface area contributed by atoms with Crippen molar-refractivity contribution in [2.75, 3.05) is 7.11 Å². The molecule has 0 N–H and O–H groups in total. The minimum atomic E-state index is -0.307. The van der Waals surface area contributed by atoms with Crippen LogP contribution in [0, 0.1) is 0 Å². The fraction of sp³-hybridized carbons (Fsp3) is 0.188. The lowest BCUT2D eigenvalue weighted by molar-refractivity contribution is 0.0601. The van der Waals surface area contributed by atoms with Crippen LogP contribution in [-0.4, -0.2) is 13.1 Å². The first kappa shape index (κ1) is 13.8. The molecule has 0 bridgehead atoms. The molecule has 2 aromatic carbocycles. The summed E-state index contributed by atoms with van der Waals surface area (Å²) in [4.78, 5) is 11.4. The summed E-state index contributed by atoms with van der Waals surface area (Å²) in [6, 6.07) is 13.7. The van der Waals surface area contributed by atoms with E-state index in [9.17, 15) is 4.79 Å². The Morgan fingerprint density at radius 2 is 1.84 bits per heavy atom. The smallest absolute Gasteiger partial charge is 0.337 e. The molecule has 0 saturated heterocycles. The van der Waals surface area contributed by atoms with Gasteiger partial charge in [0.2, 0.25) is 0 Å². The Balaban J connectivity index is 2.40. The van der Waals surface area contributed by atoms with Crippen molar-refractivity contribution in [3.63, 3.8) is 0 Å². The highest BCUT2D eigenvalue weighted by Crippen LogP contribution is 2.27. The van der Waals surface area contributed by atoms with Crippen LogP contribution < -0.4 is 0 Å². The van der Waals surface area contributed by atoms with Crippen LogP contribution in [0.3, 0.4) is 0 Å². The minimum absolute atomic E-state index is 0.307. The van der Waals surface area contributed by atoms with Crippen molar-refractivity contribution >= 4 is 21.9 Å². The summed E-state index contributed by atoms with van der Waals surface area (Å²) in [5.74, 6) is -0.307. The summed E-state index contributed by atoms with van der Waals surface area (Å²) in [6.07, 6.45) is 0.966. The van der Waals surface area contributed by atoms with E-state index in [1.807, 2.05) is 18.2 Å². The normalized spacial score (nSPS) is 10.3. The average molecular weight is 319 g/mol. The van der Waals surface area contributed by atoms with Crippen LogP contribution in [0.25, 0.3) is 11.1 Å². The molecular weight excluding hydrogens is 304 g/mol. The van der Waals surface area contributed by atoms with Crippen LogP contribution in [0.1, 0.15) is 22.8 Å². The number of halogens is 1. The molecule has 2 nitrogen and oxygen atoms in total. The topological polar surface area (TPSA) is 26.3 Å². The highest BCUT2D eigenvalue weighted by Gasteiger charge is 2.07. The number of ether oxygens (including phenoxy) is 1. The molecule has 0 aliphatic carbocycles. The van der Waals surface area contributed by atoms with Crippen LogP contribution in [0.15, 0.2) is 46.9 Å². The molecule has 98 valence electrons.